The van der Waals surface area contributed by atoms with Gasteiger partial charge in [-0.2, -0.15) is 5.10 Å². The van der Waals surface area contributed by atoms with E-state index in [1.54, 1.807) is 16.9 Å². The lowest BCUT2D eigenvalue weighted by molar-refractivity contribution is -0.130. The van der Waals surface area contributed by atoms with Crippen LogP contribution >= 0.6 is 0 Å². The van der Waals surface area contributed by atoms with Crippen molar-refractivity contribution in [3.05, 3.63) is 52.8 Å². The van der Waals surface area contributed by atoms with E-state index in [0.717, 1.165) is 22.5 Å². The Labute approximate surface area is 205 Å². The molecule has 2 amide bonds. The Morgan fingerprint density at radius 1 is 1.06 bits per heavy atom. The minimum Gasteiger partial charge on any atom is -0.449 e. The number of anilines is 1. The number of carbonyl (C=O) groups excluding carboxylic acids is 3. The molecule has 35 heavy (non-hydrogen) atoms. The first-order valence-electron chi connectivity index (χ1n) is 11.7. The first-order valence-corrected chi connectivity index (χ1v) is 11.7. The van der Waals surface area contributed by atoms with Gasteiger partial charge in [-0.15, -0.1) is 0 Å². The van der Waals surface area contributed by atoms with Crippen LogP contribution in [0.25, 0.3) is 11.0 Å². The van der Waals surface area contributed by atoms with Gasteiger partial charge in [0, 0.05) is 17.4 Å². The number of aromatic nitrogens is 3. The zero-order valence-corrected chi connectivity index (χ0v) is 21.3. The smallest absolute Gasteiger partial charge is 0.339 e. The number of benzene rings is 1. The number of nitrogens with one attached hydrogen (secondary N) is 2. The monoisotopic (exact) mass is 479 g/mol. The minimum absolute atomic E-state index is 0.0607. The number of carbonyl (C=O) groups is 3. The van der Waals surface area contributed by atoms with Crippen molar-refractivity contribution in [3.8, 4) is 0 Å². The van der Waals surface area contributed by atoms with Gasteiger partial charge in [-0.1, -0.05) is 32.0 Å². The summed E-state index contributed by atoms with van der Waals surface area (Å²) in [6, 6.07) is 7.45. The Bertz CT molecular complexity index is 1240. The predicted octanol–water partition coefficient (Wildman–Crippen LogP) is 4.05. The third-order valence-electron chi connectivity index (χ3n) is 5.71. The number of nitrogens with zero attached hydrogens (tertiary/aromatic N) is 3. The van der Waals surface area contributed by atoms with E-state index in [1.165, 1.54) is 6.92 Å². The number of hydrogen-bond acceptors (Lipinski definition) is 6. The number of fused-ring (bicyclic) bond motifs is 1. The largest absolute Gasteiger partial charge is 0.449 e. The molecule has 186 valence electrons. The van der Waals surface area contributed by atoms with Gasteiger partial charge in [0.05, 0.1) is 23.7 Å². The summed E-state index contributed by atoms with van der Waals surface area (Å²) in [5, 5.41) is 10.3. The molecule has 3 rings (SSSR count). The lowest BCUT2D eigenvalue weighted by Crippen LogP contribution is -2.40. The third-order valence-corrected chi connectivity index (χ3v) is 5.71. The molecule has 0 spiro atoms. The molecule has 9 nitrogen and oxygen atoms in total. The van der Waals surface area contributed by atoms with E-state index in [1.807, 2.05) is 59.7 Å². The maximum atomic E-state index is 13.0. The van der Waals surface area contributed by atoms with Crippen LogP contribution in [0.3, 0.4) is 0 Å². The van der Waals surface area contributed by atoms with Crippen LogP contribution in [0.2, 0.25) is 0 Å². The summed E-state index contributed by atoms with van der Waals surface area (Å²) >= 11 is 0. The maximum absolute atomic E-state index is 13.0. The first kappa shape index (κ1) is 25.9. The number of hydrogen-bond donors (Lipinski definition) is 2. The molecule has 0 radical (unpaired) electrons. The molecular weight excluding hydrogens is 446 g/mol. The third kappa shape index (κ3) is 5.85. The molecule has 2 N–H and O–H groups in total. The molecule has 1 atom stereocenters. The second kappa shape index (κ2) is 10.7. The average molecular weight is 480 g/mol. The van der Waals surface area contributed by atoms with Gasteiger partial charge in [0.25, 0.3) is 5.91 Å². The van der Waals surface area contributed by atoms with Crippen molar-refractivity contribution in [2.24, 2.45) is 0 Å². The summed E-state index contributed by atoms with van der Waals surface area (Å²) in [5.41, 5.74) is 4.20. The fourth-order valence-corrected chi connectivity index (χ4v) is 3.66. The predicted molar refractivity (Wildman–Crippen MR) is 134 cm³/mol. The van der Waals surface area contributed by atoms with Crippen molar-refractivity contribution in [2.75, 3.05) is 11.9 Å². The Morgan fingerprint density at radius 3 is 2.31 bits per heavy atom. The molecule has 0 aliphatic carbocycles. The van der Waals surface area contributed by atoms with Crippen molar-refractivity contribution >= 4 is 34.5 Å². The summed E-state index contributed by atoms with van der Waals surface area (Å²) in [7, 11) is 0. The Balaban J connectivity index is 1.68. The average Bonchev–Trinajstić information content (AvgIpc) is 3.23. The molecule has 0 saturated heterocycles. The number of rotatable bonds is 8. The molecule has 0 saturated carbocycles. The lowest BCUT2D eigenvalue weighted by atomic mass is 10.1. The van der Waals surface area contributed by atoms with Crippen molar-refractivity contribution in [1.29, 1.82) is 0 Å². The molecular formula is C26H33N5O4. The standard InChI is InChI=1S/C26H33N5O4/c1-14(2)21-11-19(20-12-28-31(15(3)4)24(20)29-21)26(34)35-18(7)25(33)27-13-22(32)30-23-16(5)9-8-10-17(23)6/h8-12,14-15,18H,13H2,1-7H3,(H,27,33)(H,30,32). The van der Waals surface area contributed by atoms with Gasteiger partial charge in [0.15, 0.2) is 11.8 Å². The van der Waals surface area contributed by atoms with Crippen molar-refractivity contribution < 1.29 is 19.1 Å². The number of aryl methyl sites for hydroxylation is 2. The van der Waals surface area contributed by atoms with Gasteiger partial charge in [-0.25, -0.2) is 14.5 Å². The molecule has 9 heteroatoms. The number of amides is 2. The highest BCUT2D eigenvalue weighted by Crippen LogP contribution is 2.25. The fraction of sp³-hybridized carbons (Fsp3) is 0.423. The number of esters is 1. The topological polar surface area (TPSA) is 115 Å². The lowest BCUT2D eigenvalue weighted by Gasteiger charge is -2.16. The molecule has 1 aromatic carbocycles. The van der Waals surface area contributed by atoms with Gasteiger partial charge in [0.2, 0.25) is 5.91 Å². The van der Waals surface area contributed by atoms with E-state index in [-0.39, 0.29) is 24.4 Å². The molecule has 0 aliphatic heterocycles. The van der Waals surface area contributed by atoms with Crippen LogP contribution in [0, 0.1) is 13.8 Å². The van der Waals surface area contributed by atoms with E-state index in [4.69, 9.17) is 4.74 Å². The Kier molecular flexibility index (Phi) is 7.89. The summed E-state index contributed by atoms with van der Waals surface area (Å²) < 4.78 is 7.20. The van der Waals surface area contributed by atoms with Gasteiger partial charge in [-0.3, -0.25) is 9.59 Å². The fourth-order valence-electron chi connectivity index (χ4n) is 3.66. The second-order valence-electron chi connectivity index (χ2n) is 9.25. The van der Waals surface area contributed by atoms with Crippen LogP contribution in [0.1, 0.15) is 73.8 Å². The number of pyridine rings is 1. The highest BCUT2D eigenvalue weighted by atomic mass is 16.5. The van der Waals surface area contributed by atoms with E-state index >= 15 is 0 Å². The molecule has 0 bridgehead atoms. The van der Waals surface area contributed by atoms with Crippen molar-refractivity contribution in [3.63, 3.8) is 0 Å². The van der Waals surface area contributed by atoms with Gasteiger partial charge >= 0.3 is 5.97 Å². The molecule has 1 unspecified atom stereocenters. The zero-order chi connectivity index (χ0) is 25.9. The van der Waals surface area contributed by atoms with Crippen LogP contribution in [0.5, 0.6) is 0 Å². The minimum atomic E-state index is -1.10. The highest BCUT2D eigenvalue weighted by molar-refractivity contribution is 6.03. The van der Waals surface area contributed by atoms with E-state index < -0.39 is 18.0 Å². The van der Waals surface area contributed by atoms with Crippen LogP contribution in [-0.4, -0.2) is 45.2 Å². The van der Waals surface area contributed by atoms with Crippen LogP contribution in [0.4, 0.5) is 5.69 Å². The van der Waals surface area contributed by atoms with Gasteiger partial charge in [0.1, 0.15) is 0 Å². The molecule has 2 heterocycles. The molecule has 2 aromatic heterocycles. The van der Waals surface area contributed by atoms with E-state index in [9.17, 15) is 14.4 Å². The Morgan fingerprint density at radius 2 is 1.71 bits per heavy atom. The summed E-state index contributed by atoms with van der Waals surface area (Å²) in [6.07, 6.45) is 0.493. The summed E-state index contributed by atoms with van der Waals surface area (Å²) in [5.74, 6) is -1.50. The molecule has 0 aliphatic rings. The van der Waals surface area contributed by atoms with E-state index in [0.29, 0.717) is 16.6 Å². The van der Waals surface area contributed by atoms with Crippen molar-refractivity contribution in [1.82, 2.24) is 20.1 Å². The summed E-state index contributed by atoms with van der Waals surface area (Å²) in [6.45, 7) is 13.0. The second-order valence-corrected chi connectivity index (χ2v) is 9.25. The number of para-hydroxylation sites is 1. The SMILES string of the molecule is Cc1cccc(C)c1NC(=O)CNC(=O)C(C)OC(=O)c1cc(C(C)C)nc2c1cnn2C(C)C. The number of ether oxygens (including phenoxy) is 1. The van der Waals surface area contributed by atoms with Crippen molar-refractivity contribution in [2.45, 2.75) is 66.5 Å². The zero-order valence-electron chi connectivity index (χ0n) is 21.3. The molecule has 3 aromatic rings. The van der Waals surface area contributed by atoms with E-state index in [2.05, 4.69) is 20.7 Å². The van der Waals surface area contributed by atoms with Crippen LogP contribution in [0.15, 0.2) is 30.5 Å². The maximum Gasteiger partial charge on any atom is 0.339 e. The van der Waals surface area contributed by atoms with Crippen LogP contribution < -0.4 is 10.6 Å². The Hall–Kier alpha value is -3.75. The van der Waals surface area contributed by atoms with Crippen LogP contribution in [-0.2, 0) is 14.3 Å². The van der Waals surface area contributed by atoms with Gasteiger partial charge < -0.3 is 15.4 Å². The van der Waals surface area contributed by atoms with Gasteiger partial charge in [-0.05, 0) is 57.7 Å². The summed E-state index contributed by atoms with van der Waals surface area (Å²) in [4.78, 5) is 42.6. The first-order chi connectivity index (χ1) is 16.5. The molecule has 0 fully saturated rings. The normalized spacial score (nSPS) is 12.1. The highest BCUT2D eigenvalue weighted by Gasteiger charge is 2.24. The quantitative estimate of drug-likeness (QED) is 0.471.